The quantitative estimate of drug-likeness (QED) is 0.658. The van der Waals surface area contributed by atoms with Crippen LogP contribution in [0, 0.1) is 11.6 Å². The van der Waals surface area contributed by atoms with E-state index in [1.165, 1.54) is 7.11 Å². The fourth-order valence-electron chi connectivity index (χ4n) is 1.21. The standard InChI is InChI=1S/C10H10ClF2NO2/c1-16-9-5-7(12)6(4-8(9)13)2-3-14-10(11)15/h4-5H,2-3H2,1H3,(H,14,15). The maximum Gasteiger partial charge on any atom is 0.313 e. The van der Waals surface area contributed by atoms with Crippen molar-refractivity contribution in [1.29, 1.82) is 0 Å². The van der Waals surface area contributed by atoms with E-state index < -0.39 is 17.0 Å². The predicted octanol–water partition coefficient (Wildman–Crippen LogP) is 2.46. The number of rotatable bonds is 4. The van der Waals surface area contributed by atoms with E-state index >= 15 is 0 Å². The van der Waals surface area contributed by atoms with Crippen LogP contribution in [0.4, 0.5) is 13.6 Å². The van der Waals surface area contributed by atoms with Crippen LogP contribution in [-0.4, -0.2) is 19.0 Å². The van der Waals surface area contributed by atoms with Crippen LogP contribution in [0.5, 0.6) is 5.75 Å². The van der Waals surface area contributed by atoms with Crippen molar-refractivity contribution in [2.24, 2.45) is 0 Å². The summed E-state index contributed by atoms with van der Waals surface area (Å²) in [5, 5.41) is 1.55. The van der Waals surface area contributed by atoms with Crippen molar-refractivity contribution in [2.75, 3.05) is 13.7 Å². The molecule has 1 aromatic carbocycles. The van der Waals surface area contributed by atoms with Gasteiger partial charge in [-0.1, -0.05) is 0 Å². The summed E-state index contributed by atoms with van der Waals surface area (Å²) in [6.45, 7) is 0.144. The first-order valence-electron chi connectivity index (χ1n) is 4.50. The van der Waals surface area contributed by atoms with Crippen molar-refractivity contribution < 1.29 is 18.3 Å². The largest absolute Gasteiger partial charge is 0.494 e. The second kappa shape index (κ2) is 5.65. The van der Waals surface area contributed by atoms with Gasteiger partial charge >= 0.3 is 5.37 Å². The molecule has 1 rings (SSSR count). The van der Waals surface area contributed by atoms with Crippen molar-refractivity contribution >= 4 is 17.0 Å². The molecule has 0 aromatic heterocycles. The highest BCUT2D eigenvalue weighted by atomic mass is 35.5. The molecule has 0 aliphatic carbocycles. The molecule has 0 aliphatic rings. The summed E-state index contributed by atoms with van der Waals surface area (Å²) in [6.07, 6.45) is 0.158. The summed E-state index contributed by atoms with van der Waals surface area (Å²) in [5.41, 5.74) is 0.156. The van der Waals surface area contributed by atoms with Gasteiger partial charge in [0.05, 0.1) is 7.11 Å². The smallest absolute Gasteiger partial charge is 0.313 e. The minimum absolute atomic E-state index is 0.144. The van der Waals surface area contributed by atoms with Gasteiger partial charge in [0, 0.05) is 12.6 Å². The van der Waals surface area contributed by atoms with Crippen molar-refractivity contribution in [3.05, 3.63) is 29.3 Å². The monoisotopic (exact) mass is 249 g/mol. The van der Waals surface area contributed by atoms with Crippen molar-refractivity contribution in [3.63, 3.8) is 0 Å². The van der Waals surface area contributed by atoms with E-state index in [-0.39, 0.29) is 24.3 Å². The van der Waals surface area contributed by atoms with Crippen LogP contribution >= 0.6 is 11.6 Å². The molecular formula is C10H10ClF2NO2. The molecule has 0 spiro atoms. The lowest BCUT2D eigenvalue weighted by molar-refractivity contribution is 0.260. The molecule has 0 fully saturated rings. The lowest BCUT2D eigenvalue weighted by atomic mass is 10.1. The van der Waals surface area contributed by atoms with Gasteiger partial charge in [-0.05, 0) is 29.7 Å². The molecule has 16 heavy (non-hydrogen) atoms. The molecule has 0 atom stereocenters. The van der Waals surface area contributed by atoms with Gasteiger partial charge in [0.2, 0.25) is 0 Å². The van der Waals surface area contributed by atoms with Crippen LogP contribution in [0.1, 0.15) is 5.56 Å². The van der Waals surface area contributed by atoms with Crippen LogP contribution < -0.4 is 10.1 Å². The van der Waals surface area contributed by atoms with Gasteiger partial charge < -0.3 is 10.1 Å². The number of carbonyl (C=O) groups excluding carboxylic acids is 1. The van der Waals surface area contributed by atoms with E-state index in [4.69, 9.17) is 11.6 Å². The number of nitrogens with one attached hydrogen (secondary N) is 1. The Kier molecular flexibility index (Phi) is 4.49. The first-order valence-corrected chi connectivity index (χ1v) is 4.87. The highest BCUT2D eigenvalue weighted by molar-refractivity contribution is 6.62. The highest BCUT2D eigenvalue weighted by Crippen LogP contribution is 2.21. The van der Waals surface area contributed by atoms with Crippen molar-refractivity contribution in [3.8, 4) is 5.75 Å². The maximum absolute atomic E-state index is 13.3. The lowest BCUT2D eigenvalue weighted by Gasteiger charge is -2.07. The first-order chi connectivity index (χ1) is 7.54. The van der Waals surface area contributed by atoms with Gasteiger partial charge in [0.25, 0.3) is 0 Å². The summed E-state index contributed by atoms with van der Waals surface area (Å²) < 4.78 is 31.2. The molecule has 0 heterocycles. The van der Waals surface area contributed by atoms with Gasteiger partial charge in [-0.2, -0.15) is 0 Å². The second-order valence-corrected chi connectivity index (χ2v) is 3.37. The Labute approximate surface area is 96.4 Å². The molecular weight excluding hydrogens is 240 g/mol. The van der Waals surface area contributed by atoms with E-state index in [1.807, 2.05) is 0 Å². The van der Waals surface area contributed by atoms with Crippen LogP contribution in [-0.2, 0) is 6.42 Å². The average molecular weight is 250 g/mol. The third kappa shape index (κ3) is 3.34. The Hall–Kier alpha value is -1.36. The minimum atomic E-state index is -0.727. The number of ether oxygens (including phenoxy) is 1. The Bertz CT molecular complexity index is 399. The SMILES string of the molecule is COc1cc(F)c(CCNC(=O)Cl)cc1F. The molecule has 88 valence electrons. The Morgan fingerprint density at radius 2 is 2.12 bits per heavy atom. The van der Waals surface area contributed by atoms with E-state index in [9.17, 15) is 13.6 Å². The average Bonchev–Trinajstić information content (AvgIpc) is 2.22. The zero-order valence-corrected chi connectivity index (χ0v) is 9.28. The van der Waals surface area contributed by atoms with Gasteiger partial charge in [-0.25, -0.2) is 8.78 Å². The molecule has 0 saturated carbocycles. The molecule has 3 nitrogen and oxygen atoms in total. The van der Waals surface area contributed by atoms with Gasteiger partial charge in [-0.3, -0.25) is 4.79 Å². The zero-order valence-electron chi connectivity index (χ0n) is 8.52. The van der Waals surface area contributed by atoms with Crippen LogP contribution in [0.2, 0.25) is 0 Å². The van der Waals surface area contributed by atoms with E-state index in [1.54, 1.807) is 0 Å². The summed E-state index contributed by atoms with van der Waals surface area (Å²) in [6, 6.07) is 2.00. The number of amides is 1. The van der Waals surface area contributed by atoms with Crippen LogP contribution in [0.25, 0.3) is 0 Å². The molecule has 1 N–H and O–H groups in total. The number of methoxy groups -OCH3 is 1. The minimum Gasteiger partial charge on any atom is -0.494 e. The second-order valence-electron chi connectivity index (χ2n) is 3.03. The maximum atomic E-state index is 13.3. The molecule has 1 aromatic rings. The van der Waals surface area contributed by atoms with E-state index in [0.717, 1.165) is 12.1 Å². The Morgan fingerprint density at radius 3 is 2.69 bits per heavy atom. The number of halogens is 3. The summed E-state index contributed by atoms with van der Waals surface area (Å²) in [5.74, 6) is -1.37. The predicted molar refractivity (Wildman–Crippen MR) is 55.9 cm³/mol. The topological polar surface area (TPSA) is 38.3 Å². The number of benzene rings is 1. The fourth-order valence-corrected chi connectivity index (χ4v) is 1.31. The molecule has 0 saturated heterocycles. The van der Waals surface area contributed by atoms with Crippen molar-refractivity contribution in [1.82, 2.24) is 5.32 Å². The molecule has 0 aliphatic heterocycles. The summed E-state index contributed by atoms with van der Waals surface area (Å²) in [4.78, 5) is 10.4. The van der Waals surface area contributed by atoms with E-state index in [2.05, 4.69) is 10.1 Å². The summed E-state index contributed by atoms with van der Waals surface area (Å²) in [7, 11) is 1.26. The number of hydrogen-bond acceptors (Lipinski definition) is 2. The molecule has 0 bridgehead atoms. The van der Waals surface area contributed by atoms with Crippen LogP contribution in [0.3, 0.4) is 0 Å². The molecule has 0 unspecified atom stereocenters. The summed E-state index contributed by atoms with van der Waals surface area (Å²) >= 11 is 5.02. The van der Waals surface area contributed by atoms with E-state index in [0.29, 0.717) is 0 Å². The van der Waals surface area contributed by atoms with Crippen molar-refractivity contribution in [2.45, 2.75) is 6.42 Å². The molecule has 0 radical (unpaired) electrons. The third-order valence-corrected chi connectivity index (χ3v) is 2.11. The zero-order chi connectivity index (χ0) is 12.1. The normalized spacial score (nSPS) is 10.0. The van der Waals surface area contributed by atoms with Gasteiger partial charge in [0.1, 0.15) is 5.82 Å². The fraction of sp³-hybridized carbons (Fsp3) is 0.300. The lowest BCUT2D eigenvalue weighted by Crippen LogP contribution is -2.19. The van der Waals surface area contributed by atoms with Gasteiger partial charge in [0.15, 0.2) is 11.6 Å². The number of hydrogen-bond donors (Lipinski definition) is 1. The highest BCUT2D eigenvalue weighted by Gasteiger charge is 2.10. The first kappa shape index (κ1) is 12.7. The number of carbonyl (C=O) groups is 1. The molecule has 6 heteroatoms. The third-order valence-electron chi connectivity index (χ3n) is 1.98. The van der Waals surface area contributed by atoms with Crippen LogP contribution in [0.15, 0.2) is 12.1 Å². The Morgan fingerprint density at radius 1 is 1.44 bits per heavy atom. The molecule has 1 amide bonds. The van der Waals surface area contributed by atoms with Gasteiger partial charge in [-0.15, -0.1) is 0 Å². The Balaban J connectivity index is 2.73.